The van der Waals surface area contributed by atoms with Gasteiger partial charge in [0.1, 0.15) is 17.8 Å². The molecular weight excluding hydrogens is 504 g/mol. The average molecular weight is 549 g/mol. The summed E-state index contributed by atoms with van der Waals surface area (Å²) >= 11 is 0. The summed E-state index contributed by atoms with van der Waals surface area (Å²) in [5.74, 6) is -0.905. The van der Waals surface area contributed by atoms with Crippen molar-refractivity contribution in [2.24, 2.45) is 40.9 Å². The van der Waals surface area contributed by atoms with E-state index in [1.165, 1.54) is 11.6 Å². The number of carbonyl (C=O) groups excluding carboxylic acids is 2. The summed E-state index contributed by atoms with van der Waals surface area (Å²) < 4.78 is 11.6. The smallest absolute Gasteiger partial charge is 0.338 e. The maximum atomic E-state index is 13.0. The summed E-state index contributed by atoms with van der Waals surface area (Å²) in [4.78, 5) is 25.5. The van der Waals surface area contributed by atoms with Crippen LogP contribution in [0.15, 0.2) is 60.2 Å². The molecule has 2 N–H and O–H groups in total. The molecule has 1 heterocycles. The van der Waals surface area contributed by atoms with Gasteiger partial charge in [0.15, 0.2) is 6.10 Å². The van der Waals surface area contributed by atoms with Crippen LogP contribution in [0.5, 0.6) is 0 Å². The third-order valence-electron chi connectivity index (χ3n) is 10.7. The summed E-state index contributed by atoms with van der Waals surface area (Å²) in [6, 6.07) is 9.71. The quantitative estimate of drug-likeness (QED) is 0.293. The normalized spacial score (nSPS) is 41.4. The van der Waals surface area contributed by atoms with Gasteiger partial charge in [-0.25, -0.2) is 9.59 Å². The maximum Gasteiger partial charge on any atom is 0.338 e. The Kier molecular flexibility index (Phi) is 7.64. The molecule has 1 aromatic rings. The number of ether oxygens (including phenoxy) is 2. The molecule has 1 saturated heterocycles. The molecule has 0 radical (unpaired) electrons. The summed E-state index contributed by atoms with van der Waals surface area (Å²) in [6.07, 6.45) is 5.97. The first-order chi connectivity index (χ1) is 18.9. The van der Waals surface area contributed by atoms with Crippen molar-refractivity contribution in [3.8, 4) is 0 Å². The minimum atomic E-state index is -1.75. The number of rotatable bonds is 4. The number of cyclic esters (lactones) is 1. The molecule has 0 aromatic heterocycles. The van der Waals surface area contributed by atoms with Crippen molar-refractivity contribution >= 4 is 18.0 Å². The van der Waals surface area contributed by atoms with Crippen LogP contribution in [0.4, 0.5) is 0 Å². The highest BCUT2D eigenvalue weighted by Crippen LogP contribution is 2.63. The Morgan fingerprint density at radius 1 is 1.18 bits per heavy atom. The van der Waals surface area contributed by atoms with E-state index in [2.05, 4.69) is 40.3 Å². The first-order valence-electron chi connectivity index (χ1n) is 14.8. The molecule has 1 aliphatic heterocycles. The zero-order chi connectivity index (χ0) is 29.0. The standard InChI is InChI=1S/C34H44O6/c1-19(2)30-27-16-24-21(4)34(38)26(22(5)39-32(37)31(34)36)14-12-20(3)25(24)17-33(27,6)18-28(30)40-29(35)15-13-23-10-8-7-9-11-23/h7-13,15,19,22,24-28,30-31,36,38H,4,14,16-18H2,1-3,5-6H3. The molecule has 2 saturated carbocycles. The zero-order valence-electron chi connectivity index (χ0n) is 24.4. The lowest BCUT2D eigenvalue weighted by Crippen LogP contribution is -2.63. The molecule has 216 valence electrons. The molecule has 5 rings (SSSR count). The van der Waals surface area contributed by atoms with E-state index in [4.69, 9.17) is 9.47 Å². The van der Waals surface area contributed by atoms with Gasteiger partial charge in [0.25, 0.3) is 0 Å². The number of carbonyl (C=O) groups is 2. The Morgan fingerprint density at radius 3 is 2.55 bits per heavy atom. The minimum absolute atomic E-state index is 0.0573. The largest absolute Gasteiger partial charge is 0.460 e. The van der Waals surface area contributed by atoms with Gasteiger partial charge in [0, 0.05) is 17.9 Å². The molecule has 10 unspecified atom stereocenters. The van der Waals surface area contributed by atoms with Gasteiger partial charge < -0.3 is 19.7 Å². The van der Waals surface area contributed by atoms with Gasteiger partial charge in [0.2, 0.25) is 0 Å². The van der Waals surface area contributed by atoms with Gasteiger partial charge in [-0.2, -0.15) is 0 Å². The molecular formula is C34H44O6. The Balaban J connectivity index is 1.44. The predicted molar refractivity (Wildman–Crippen MR) is 154 cm³/mol. The molecule has 40 heavy (non-hydrogen) atoms. The molecule has 3 aliphatic carbocycles. The van der Waals surface area contributed by atoms with Crippen molar-refractivity contribution in [3.63, 3.8) is 0 Å². The monoisotopic (exact) mass is 548 g/mol. The van der Waals surface area contributed by atoms with Crippen LogP contribution in [0.1, 0.15) is 65.9 Å². The van der Waals surface area contributed by atoms with Crippen molar-refractivity contribution in [1.29, 1.82) is 0 Å². The molecule has 4 aliphatic rings. The number of hydrogen-bond acceptors (Lipinski definition) is 6. The Labute approximate surface area is 238 Å². The molecule has 10 atom stereocenters. The first-order valence-corrected chi connectivity index (χ1v) is 14.8. The van der Waals surface area contributed by atoms with Crippen molar-refractivity contribution in [2.45, 2.75) is 84.2 Å². The average Bonchev–Trinajstić information content (AvgIpc) is 3.20. The van der Waals surface area contributed by atoms with Gasteiger partial charge in [-0.05, 0) is 85.8 Å². The van der Waals surface area contributed by atoms with Crippen LogP contribution < -0.4 is 0 Å². The van der Waals surface area contributed by atoms with Crippen molar-refractivity contribution in [1.82, 2.24) is 0 Å². The number of fused-ring (bicyclic) bond motifs is 3. The van der Waals surface area contributed by atoms with Gasteiger partial charge in [-0.3, -0.25) is 0 Å². The van der Waals surface area contributed by atoms with Gasteiger partial charge in [-0.1, -0.05) is 69.3 Å². The molecule has 0 spiro atoms. The second kappa shape index (κ2) is 10.6. The number of hydrogen-bond donors (Lipinski definition) is 2. The SMILES string of the molecule is C=C1C2CC3C(C(C)C)C(OC(=O)C=Cc4ccccc4)CC3(C)CC2C(C)=CCC2C(C)OC(=O)C(O)C12O. The second-order valence-electron chi connectivity index (χ2n) is 13.3. The number of aliphatic hydroxyl groups is 2. The topological polar surface area (TPSA) is 93.1 Å². The van der Waals surface area contributed by atoms with E-state index in [9.17, 15) is 19.8 Å². The summed E-state index contributed by atoms with van der Waals surface area (Å²) in [7, 11) is 0. The van der Waals surface area contributed by atoms with Gasteiger partial charge >= 0.3 is 11.9 Å². The van der Waals surface area contributed by atoms with Gasteiger partial charge in [0.05, 0.1) is 0 Å². The molecule has 6 heteroatoms. The minimum Gasteiger partial charge on any atom is -0.460 e. The molecule has 1 aromatic carbocycles. The summed E-state index contributed by atoms with van der Waals surface area (Å²) in [6.45, 7) is 15.0. The number of allylic oxidation sites excluding steroid dienone is 2. The third kappa shape index (κ3) is 4.77. The van der Waals surface area contributed by atoms with E-state index in [-0.39, 0.29) is 47.1 Å². The Morgan fingerprint density at radius 2 is 1.88 bits per heavy atom. The first kappa shape index (κ1) is 28.8. The highest BCUT2D eigenvalue weighted by molar-refractivity contribution is 5.87. The van der Waals surface area contributed by atoms with Crippen LogP contribution in [0.3, 0.4) is 0 Å². The van der Waals surface area contributed by atoms with E-state index in [0.29, 0.717) is 12.0 Å². The summed E-state index contributed by atoms with van der Waals surface area (Å²) in [5, 5.41) is 23.0. The van der Waals surface area contributed by atoms with Crippen LogP contribution in [0, 0.1) is 40.9 Å². The highest BCUT2D eigenvalue weighted by atomic mass is 16.6. The van der Waals surface area contributed by atoms with E-state index in [1.807, 2.05) is 30.3 Å². The fourth-order valence-electron chi connectivity index (χ4n) is 8.64. The summed E-state index contributed by atoms with van der Waals surface area (Å²) in [5.41, 5.74) is 0.935. The van der Waals surface area contributed by atoms with Crippen molar-refractivity contribution < 1.29 is 29.3 Å². The lowest BCUT2D eigenvalue weighted by molar-refractivity contribution is -0.209. The van der Waals surface area contributed by atoms with Crippen molar-refractivity contribution in [3.05, 3.63) is 65.8 Å². The van der Waals surface area contributed by atoms with E-state index >= 15 is 0 Å². The molecule has 0 amide bonds. The van der Waals surface area contributed by atoms with Crippen LogP contribution in [0.25, 0.3) is 6.08 Å². The fourth-order valence-corrected chi connectivity index (χ4v) is 8.64. The maximum absolute atomic E-state index is 13.0. The molecule has 6 nitrogen and oxygen atoms in total. The van der Waals surface area contributed by atoms with Crippen LogP contribution in [0.2, 0.25) is 0 Å². The lowest BCUT2D eigenvalue weighted by Gasteiger charge is -2.54. The predicted octanol–water partition coefficient (Wildman–Crippen LogP) is 5.50. The zero-order valence-corrected chi connectivity index (χ0v) is 24.4. The van der Waals surface area contributed by atoms with E-state index in [1.54, 1.807) is 13.0 Å². The van der Waals surface area contributed by atoms with Crippen LogP contribution >= 0.6 is 0 Å². The molecule has 0 bridgehead atoms. The number of esters is 2. The van der Waals surface area contributed by atoms with Crippen molar-refractivity contribution in [2.75, 3.05) is 0 Å². The third-order valence-corrected chi connectivity index (χ3v) is 10.7. The second-order valence-corrected chi connectivity index (χ2v) is 13.3. The van der Waals surface area contributed by atoms with E-state index < -0.39 is 29.7 Å². The Bertz CT molecular complexity index is 1220. The fraction of sp³-hybridized carbons (Fsp3) is 0.588. The van der Waals surface area contributed by atoms with E-state index in [0.717, 1.165) is 24.8 Å². The number of aliphatic hydroxyl groups excluding tert-OH is 1. The van der Waals surface area contributed by atoms with Crippen LogP contribution in [-0.4, -0.2) is 46.1 Å². The highest BCUT2D eigenvalue weighted by Gasteiger charge is 2.62. The lowest BCUT2D eigenvalue weighted by atomic mass is 9.53. The molecule has 3 fully saturated rings. The number of benzene rings is 1. The van der Waals surface area contributed by atoms with Gasteiger partial charge in [-0.15, -0.1) is 0 Å². The Hall–Kier alpha value is -2.70. The van der Waals surface area contributed by atoms with Crippen LogP contribution in [-0.2, 0) is 19.1 Å².